The van der Waals surface area contributed by atoms with Crippen molar-refractivity contribution in [3.05, 3.63) is 59.1 Å². The van der Waals surface area contributed by atoms with Crippen molar-refractivity contribution < 1.29 is 9.00 Å². The molecule has 1 unspecified atom stereocenters. The summed E-state index contributed by atoms with van der Waals surface area (Å²) in [6.45, 7) is 0.607. The fraction of sp³-hybridized carbons (Fsp3) is 0.222. The third kappa shape index (κ3) is 4.07. The number of hydrogen-bond donors (Lipinski definition) is 1. The van der Waals surface area contributed by atoms with E-state index in [0.29, 0.717) is 12.1 Å². The fourth-order valence-corrected chi connectivity index (χ4v) is 3.90. The van der Waals surface area contributed by atoms with E-state index in [9.17, 15) is 9.00 Å². The molecule has 3 aromatic rings. The zero-order valence-corrected chi connectivity index (χ0v) is 15.0. The van der Waals surface area contributed by atoms with Crippen molar-refractivity contribution in [1.82, 2.24) is 10.3 Å². The molecule has 0 saturated carbocycles. The number of nitrogens with one attached hydrogen (secondary N) is 1. The average Bonchev–Trinajstić information content (AvgIpc) is 3.01. The second kappa shape index (κ2) is 7.68. The van der Waals surface area contributed by atoms with E-state index < -0.39 is 10.8 Å². The third-order valence-corrected chi connectivity index (χ3v) is 5.67. The van der Waals surface area contributed by atoms with Crippen molar-refractivity contribution in [2.75, 3.05) is 12.8 Å². The van der Waals surface area contributed by atoms with Crippen LogP contribution in [0, 0.1) is 0 Å². The molecule has 124 valence electrons. The molecule has 1 N–H and O–H groups in total. The van der Waals surface area contributed by atoms with Crippen LogP contribution in [0.4, 0.5) is 0 Å². The SMILES string of the molecule is CS(=O)c1ccc(C(=O)NCCCc2nc3ccccc3s2)cc1. The normalized spacial score (nSPS) is 12.2. The summed E-state index contributed by atoms with van der Waals surface area (Å²) in [5.41, 5.74) is 1.62. The van der Waals surface area contributed by atoms with Gasteiger partial charge >= 0.3 is 0 Å². The van der Waals surface area contributed by atoms with Crippen molar-refractivity contribution in [3.63, 3.8) is 0 Å². The zero-order valence-electron chi connectivity index (χ0n) is 13.3. The van der Waals surface area contributed by atoms with Gasteiger partial charge in [-0.2, -0.15) is 0 Å². The van der Waals surface area contributed by atoms with Crippen LogP contribution in [0.3, 0.4) is 0 Å². The van der Waals surface area contributed by atoms with Gasteiger partial charge < -0.3 is 5.32 Å². The summed E-state index contributed by atoms with van der Waals surface area (Å²) in [6, 6.07) is 15.0. The molecule has 0 saturated heterocycles. The number of aromatic nitrogens is 1. The summed E-state index contributed by atoms with van der Waals surface area (Å²) in [5.74, 6) is -0.104. The maximum atomic E-state index is 12.1. The van der Waals surface area contributed by atoms with Gasteiger partial charge in [-0.25, -0.2) is 4.98 Å². The standard InChI is InChI=1S/C18H18N2O2S2/c1-24(22)14-10-8-13(9-11-14)18(21)19-12-4-7-17-20-15-5-2-3-6-16(15)23-17/h2-3,5-6,8-11H,4,7,12H2,1H3,(H,19,21). The number of rotatable bonds is 6. The quantitative estimate of drug-likeness (QED) is 0.687. The summed E-state index contributed by atoms with van der Waals surface area (Å²) in [5, 5.41) is 4.01. The lowest BCUT2D eigenvalue weighted by Crippen LogP contribution is -2.24. The Morgan fingerprint density at radius 3 is 2.62 bits per heavy atom. The van der Waals surface area contributed by atoms with Crippen molar-refractivity contribution in [2.45, 2.75) is 17.7 Å². The van der Waals surface area contributed by atoms with Crippen LogP contribution in [0.15, 0.2) is 53.4 Å². The number of para-hydroxylation sites is 1. The number of amides is 1. The Morgan fingerprint density at radius 2 is 1.92 bits per heavy atom. The average molecular weight is 358 g/mol. The van der Waals surface area contributed by atoms with Gasteiger partial charge in [0, 0.05) is 40.5 Å². The predicted molar refractivity (Wildman–Crippen MR) is 99.0 cm³/mol. The lowest BCUT2D eigenvalue weighted by atomic mass is 10.2. The summed E-state index contributed by atoms with van der Waals surface area (Å²) >= 11 is 1.70. The molecule has 1 amide bonds. The Balaban J connectivity index is 1.48. The number of benzene rings is 2. The van der Waals surface area contributed by atoms with E-state index in [1.54, 1.807) is 41.9 Å². The van der Waals surface area contributed by atoms with Crippen LogP contribution in [-0.2, 0) is 17.2 Å². The molecule has 3 rings (SSSR count). The minimum Gasteiger partial charge on any atom is -0.352 e. The molecular formula is C18H18N2O2S2. The monoisotopic (exact) mass is 358 g/mol. The van der Waals surface area contributed by atoms with E-state index in [4.69, 9.17) is 0 Å². The molecule has 4 nitrogen and oxygen atoms in total. The van der Waals surface area contributed by atoms with E-state index in [-0.39, 0.29) is 5.91 Å². The molecule has 1 aromatic heterocycles. The van der Waals surface area contributed by atoms with Crippen LogP contribution < -0.4 is 5.32 Å². The van der Waals surface area contributed by atoms with E-state index in [0.717, 1.165) is 28.3 Å². The molecular weight excluding hydrogens is 340 g/mol. The van der Waals surface area contributed by atoms with E-state index in [1.165, 1.54) is 4.70 Å². The molecule has 1 atom stereocenters. The number of carbonyl (C=O) groups excluding carboxylic acids is 1. The van der Waals surface area contributed by atoms with E-state index in [1.807, 2.05) is 18.2 Å². The predicted octanol–water partition coefficient (Wildman–Crippen LogP) is 3.40. The topological polar surface area (TPSA) is 59.1 Å². The highest BCUT2D eigenvalue weighted by atomic mass is 32.2. The number of aryl methyl sites for hydroxylation is 1. The third-order valence-electron chi connectivity index (χ3n) is 3.64. The molecule has 0 aliphatic heterocycles. The Hall–Kier alpha value is -2.05. The highest BCUT2D eigenvalue weighted by molar-refractivity contribution is 7.84. The van der Waals surface area contributed by atoms with Crippen LogP contribution in [0.1, 0.15) is 21.8 Å². The Bertz CT molecular complexity index is 839. The maximum Gasteiger partial charge on any atom is 0.251 e. The molecule has 0 aliphatic carbocycles. The summed E-state index contributed by atoms with van der Waals surface area (Å²) in [4.78, 5) is 17.4. The molecule has 24 heavy (non-hydrogen) atoms. The summed E-state index contributed by atoms with van der Waals surface area (Å²) in [6.07, 6.45) is 3.33. The molecule has 0 spiro atoms. The van der Waals surface area contributed by atoms with Crippen LogP contribution in [0.25, 0.3) is 10.2 Å². The van der Waals surface area contributed by atoms with Gasteiger partial charge in [-0.15, -0.1) is 11.3 Å². The van der Waals surface area contributed by atoms with Crippen LogP contribution >= 0.6 is 11.3 Å². The molecule has 0 fully saturated rings. The number of nitrogens with zero attached hydrogens (tertiary/aromatic N) is 1. The van der Waals surface area contributed by atoms with Crippen molar-refractivity contribution in [1.29, 1.82) is 0 Å². The lowest BCUT2D eigenvalue weighted by molar-refractivity contribution is 0.0953. The lowest BCUT2D eigenvalue weighted by Gasteiger charge is -2.05. The maximum absolute atomic E-state index is 12.1. The van der Waals surface area contributed by atoms with Crippen LogP contribution in [0.2, 0.25) is 0 Å². The van der Waals surface area contributed by atoms with Gasteiger partial charge in [0.25, 0.3) is 5.91 Å². The molecule has 6 heteroatoms. The second-order valence-corrected chi connectivity index (χ2v) is 7.91. The van der Waals surface area contributed by atoms with Crippen LogP contribution in [0.5, 0.6) is 0 Å². The minimum absolute atomic E-state index is 0.104. The Morgan fingerprint density at radius 1 is 1.17 bits per heavy atom. The van der Waals surface area contributed by atoms with E-state index in [2.05, 4.69) is 16.4 Å². The van der Waals surface area contributed by atoms with Gasteiger partial charge in [0.15, 0.2) is 0 Å². The molecule has 0 radical (unpaired) electrons. The first kappa shape index (κ1) is 16.8. The number of fused-ring (bicyclic) bond motifs is 1. The fourth-order valence-electron chi connectivity index (χ4n) is 2.37. The number of thiazole rings is 1. The largest absolute Gasteiger partial charge is 0.352 e. The highest BCUT2D eigenvalue weighted by Gasteiger charge is 2.07. The Kier molecular flexibility index (Phi) is 5.37. The number of carbonyl (C=O) groups is 1. The number of hydrogen-bond acceptors (Lipinski definition) is 4. The first-order valence-corrected chi connectivity index (χ1v) is 10.1. The zero-order chi connectivity index (χ0) is 16.9. The van der Waals surface area contributed by atoms with Crippen molar-refractivity contribution in [3.8, 4) is 0 Å². The molecule has 2 aromatic carbocycles. The highest BCUT2D eigenvalue weighted by Crippen LogP contribution is 2.22. The first-order valence-electron chi connectivity index (χ1n) is 7.69. The molecule has 1 heterocycles. The smallest absolute Gasteiger partial charge is 0.251 e. The van der Waals surface area contributed by atoms with Crippen LogP contribution in [-0.4, -0.2) is 27.9 Å². The first-order chi connectivity index (χ1) is 11.6. The van der Waals surface area contributed by atoms with Crippen molar-refractivity contribution in [2.24, 2.45) is 0 Å². The van der Waals surface area contributed by atoms with Gasteiger partial charge in [0.1, 0.15) is 0 Å². The van der Waals surface area contributed by atoms with Gasteiger partial charge in [-0.05, 0) is 42.8 Å². The summed E-state index contributed by atoms with van der Waals surface area (Å²) in [7, 11) is -1.02. The molecule has 0 aliphatic rings. The van der Waals surface area contributed by atoms with Gasteiger partial charge in [-0.1, -0.05) is 12.1 Å². The molecule has 0 bridgehead atoms. The second-order valence-electron chi connectivity index (χ2n) is 5.41. The van der Waals surface area contributed by atoms with Gasteiger partial charge in [-0.3, -0.25) is 9.00 Å². The summed E-state index contributed by atoms with van der Waals surface area (Å²) < 4.78 is 12.5. The van der Waals surface area contributed by atoms with E-state index >= 15 is 0 Å². The van der Waals surface area contributed by atoms with Crippen molar-refractivity contribution >= 4 is 38.3 Å². The van der Waals surface area contributed by atoms with Gasteiger partial charge in [0.2, 0.25) is 0 Å². The van der Waals surface area contributed by atoms with Gasteiger partial charge in [0.05, 0.1) is 15.2 Å². The Labute approximate surface area is 147 Å². The minimum atomic E-state index is -1.02.